The van der Waals surface area contributed by atoms with Gasteiger partial charge in [0.2, 0.25) is 10.0 Å². The molecule has 0 heterocycles. The number of hydrogen-bond donors (Lipinski definition) is 2. The molecule has 2 N–H and O–H groups in total. The highest BCUT2D eigenvalue weighted by atomic mass is 32.2. The van der Waals surface area contributed by atoms with Crippen LogP contribution in [0.3, 0.4) is 0 Å². The van der Waals surface area contributed by atoms with E-state index in [-0.39, 0.29) is 16.2 Å². The van der Waals surface area contributed by atoms with E-state index < -0.39 is 22.0 Å². The van der Waals surface area contributed by atoms with E-state index in [9.17, 15) is 13.2 Å². The van der Waals surface area contributed by atoms with Gasteiger partial charge in [-0.2, -0.15) is 4.72 Å². The van der Waals surface area contributed by atoms with E-state index in [1.807, 2.05) is 6.92 Å². The fourth-order valence-corrected chi connectivity index (χ4v) is 3.12. The Morgan fingerprint density at radius 2 is 2.19 bits per heavy atom. The number of carbonyl (C=O) groups is 1. The monoisotopic (exact) mass is 311 g/mol. The second kappa shape index (κ2) is 7.11. The summed E-state index contributed by atoms with van der Waals surface area (Å²) in [6.07, 6.45) is 6.49. The lowest BCUT2D eigenvalue weighted by atomic mass is 10.2. The Labute approximate surface area is 124 Å². The summed E-state index contributed by atoms with van der Waals surface area (Å²) >= 11 is 0. The van der Waals surface area contributed by atoms with Crippen LogP contribution in [0.15, 0.2) is 23.1 Å². The number of ether oxygens (including phenoxy) is 1. The summed E-state index contributed by atoms with van der Waals surface area (Å²) in [6.45, 7) is 1.88. The molecule has 0 spiro atoms. The van der Waals surface area contributed by atoms with Gasteiger partial charge in [0, 0.05) is 0 Å². The third-order valence-corrected chi connectivity index (χ3v) is 4.27. The normalized spacial score (nSPS) is 12.4. The molecule has 0 bridgehead atoms. The molecular formula is C14H17NO5S. The quantitative estimate of drug-likeness (QED) is 0.744. The van der Waals surface area contributed by atoms with E-state index in [4.69, 9.17) is 16.3 Å². The SMILES string of the molecule is C#CC(CCC)NS(=O)(=O)c1cc(C(=O)O)ccc1OC. The van der Waals surface area contributed by atoms with Gasteiger partial charge in [-0.25, -0.2) is 13.2 Å². The number of methoxy groups -OCH3 is 1. The molecule has 1 aromatic rings. The fraction of sp³-hybridized carbons (Fsp3) is 0.357. The maximum atomic E-state index is 12.4. The Hall–Kier alpha value is -2.04. The van der Waals surface area contributed by atoms with E-state index in [0.717, 1.165) is 6.07 Å². The summed E-state index contributed by atoms with van der Waals surface area (Å²) in [4.78, 5) is 10.7. The minimum Gasteiger partial charge on any atom is -0.495 e. The molecule has 0 aromatic heterocycles. The molecule has 1 aromatic carbocycles. The lowest BCUT2D eigenvalue weighted by Gasteiger charge is -2.15. The van der Waals surface area contributed by atoms with Crippen LogP contribution in [0.1, 0.15) is 30.1 Å². The maximum Gasteiger partial charge on any atom is 0.335 e. The average Bonchev–Trinajstić information content (AvgIpc) is 2.45. The Kier molecular flexibility index (Phi) is 5.76. The molecular weight excluding hydrogens is 294 g/mol. The third-order valence-electron chi connectivity index (χ3n) is 2.78. The Bertz CT molecular complexity index is 660. The molecule has 6 nitrogen and oxygen atoms in total. The van der Waals surface area contributed by atoms with Gasteiger partial charge >= 0.3 is 5.97 Å². The molecule has 7 heteroatoms. The van der Waals surface area contributed by atoms with Gasteiger partial charge in [0.1, 0.15) is 10.6 Å². The molecule has 1 rings (SSSR count). The Balaban J connectivity index is 3.26. The van der Waals surface area contributed by atoms with Crippen molar-refractivity contribution in [1.82, 2.24) is 4.72 Å². The Morgan fingerprint density at radius 3 is 2.67 bits per heavy atom. The van der Waals surface area contributed by atoms with Gasteiger partial charge in [0.15, 0.2) is 0 Å². The summed E-state index contributed by atoms with van der Waals surface area (Å²) < 4.78 is 32.0. The second-order valence-corrected chi connectivity index (χ2v) is 5.98. The van der Waals surface area contributed by atoms with Crippen molar-refractivity contribution in [2.75, 3.05) is 7.11 Å². The van der Waals surface area contributed by atoms with Crippen molar-refractivity contribution in [3.8, 4) is 18.1 Å². The number of carboxylic acid groups (broad SMARTS) is 1. The first-order valence-electron chi connectivity index (χ1n) is 6.25. The van der Waals surface area contributed by atoms with Crippen molar-refractivity contribution in [3.63, 3.8) is 0 Å². The molecule has 0 aliphatic rings. The van der Waals surface area contributed by atoms with Gasteiger partial charge in [-0.3, -0.25) is 0 Å². The standard InChI is InChI=1S/C14H17NO5S/c1-4-6-11(5-2)15-21(18,19)13-9-10(14(16)17)7-8-12(13)20-3/h2,7-9,11,15H,4,6H2,1,3H3,(H,16,17). The summed E-state index contributed by atoms with van der Waals surface area (Å²) in [6, 6.07) is 2.95. The molecule has 114 valence electrons. The summed E-state index contributed by atoms with van der Waals surface area (Å²) in [5.74, 6) is 1.19. The molecule has 0 aliphatic heterocycles. The molecule has 0 aliphatic carbocycles. The van der Waals surface area contributed by atoms with Crippen LogP contribution >= 0.6 is 0 Å². The minimum atomic E-state index is -3.97. The van der Waals surface area contributed by atoms with Crippen LogP contribution in [0.4, 0.5) is 0 Å². The maximum absolute atomic E-state index is 12.4. The van der Waals surface area contributed by atoms with E-state index in [1.54, 1.807) is 0 Å². The van der Waals surface area contributed by atoms with Gasteiger partial charge in [0.05, 0.1) is 18.7 Å². The number of terminal acetylenes is 1. The molecule has 0 saturated carbocycles. The first kappa shape index (κ1) is 17.0. The fourth-order valence-electron chi connectivity index (χ4n) is 1.74. The average molecular weight is 311 g/mol. The van der Waals surface area contributed by atoms with Crippen LogP contribution in [0.25, 0.3) is 0 Å². The van der Waals surface area contributed by atoms with Crippen LogP contribution in [0, 0.1) is 12.3 Å². The third kappa shape index (κ3) is 4.21. The highest BCUT2D eigenvalue weighted by Gasteiger charge is 2.24. The first-order chi connectivity index (χ1) is 9.85. The van der Waals surface area contributed by atoms with E-state index in [0.29, 0.717) is 12.8 Å². The van der Waals surface area contributed by atoms with Crippen molar-refractivity contribution < 1.29 is 23.1 Å². The lowest BCUT2D eigenvalue weighted by Crippen LogP contribution is -2.34. The number of rotatable bonds is 7. The highest BCUT2D eigenvalue weighted by molar-refractivity contribution is 7.89. The van der Waals surface area contributed by atoms with Crippen molar-refractivity contribution in [1.29, 1.82) is 0 Å². The number of benzene rings is 1. The molecule has 21 heavy (non-hydrogen) atoms. The van der Waals surface area contributed by atoms with Crippen molar-refractivity contribution in [2.45, 2.75) is 30.7 Å². The summed E-state index contributed by atoms with van der Waals surface area (Å²) in [5.41, 5.74) is -0.149. The number of sulfonamides is 1. The predicted molar refractivity (Wildman–Crippen MR) is 77.8 cm³/mol. The zero-order valence-electron chi connectivity index (χ0n) is 11.8. The van der Waals surface area contributed by atoms with Gasteiger partial charge < -0.3 is 9.84 Å². The van der Waals surface area contributed by atoms with Gasteiger partial charge in [-0.15, -0.1) is 6.42 Å². The van der Waals surface area contributed by atoms with E-state index in [1.165, 1.54) is 19.2 Å². The predicted octanol–water partition coefficient (Wildman–Crippen LogP) is 1.47. The van der Waals surface area contributed by atoms with E-state index >= 15 is 0 Å². The van der Waals surface area contributed by atoms with Crippen LogP contribution in [-0.4, -0.2) is 32.6 Å². The number of nitrogens with one attached hydrogen (secondary N) is 1. The smallest absolute Gasteiger partial charge is 0.335 e. The molecule has 1 unspecified atom stereocenters. The molecule has 0 amide bonds. The second-order valence-electron chi connectivity index (χ2n) is 4.30. The number of aromatic carboxylic acids is 1. The number of hydrogen-bond acceptors (Lipinski definition) is 4. The van der Waals surface area contributed by atoms with Crippen LogP contribution in [0.5, 0.6) is 5.75 Å². The zero-order valence-corrected chi connectivity index (χ0v) is 12.6. The van der Waals surface area contributed by atoms with Crippen molar-refractivity contribution in [2.24, 2.45) is 0 Å². The minimum absolute atomic E-state index is 0.0553. The first-order valence-corrected chi connectivity index (χ1v) is 7.73. The Morgan fingerprint density at radius 1 is 1.52 bits per heavy atom. The van der Waals surface area contributed by atoms with Gasteiger partial charge in [-0.1, -0.05) is 19.3 Å². The van der Waals surface area contributed by atoms with Crippen molar-refractivity contribution in [3.05, 3.63) is 23.8 Å². The van der Waals surface area contributed by atoms with Crippen LogP contribution in [0.2, 0.25) is 0 Å². The topological polar surface area (TPSA) is 92.7 Å². The van der Waals surface area contributed by atoms with Crippen LogP contribution in [-0.2, 0) is 10.0 Å². The number of carboxylic acids is 1. The highest BCUT2D eigenvalue weighted by Crippen LogP contribution is 2.25. The summed E-state index contributed by atoms with van der Waals surface area (Å²) in [7, 11) is -2.67. The molecule has 1 atom stereocenters. The van der Waals surface area contributed by atoms with Gasteiger partial charge in [-0.05, 0) is 24.6 Å². The van der Waals surface area contributed by atoms with Crippen LogP contribution < -0.4 is 9.46 Å². The van der Waals surface area contributed by atoms with E-state index in [2.05, 4.69) is 10.6 Å². The van der Waals surface area contributed by atoms with Crippen molar-refractivity contribution >= 4 is 16.0 Å². The largest absolute Gasteiger partial charge is 0.495 e. The zero-order chi connectivity index (χ0) is 16.0. The summed E-state index contributed by atoms with van der Waals surface area (Å²) in [5, 5.41) is 8.96. The molecule has 0 radical (unpaired) electrons. The molecule has 0 fully saturated rings. The molecule has 0 saturated heterocycles. The van der Waals surface area contributed by atoms with Gasteiger partial charge in [0.25, 0.3) is 0 Å². The lowest BCUT2D eigenvalue weighted by molar-refractivity contribution is 0.0696.